The highest BCUT2D eigenvalue weighted by atomic mass is 16.5. The summed E-state index contributed by atoms with van der Waals surface area (Å²) in [6.07, 6.45) is 0. The van der Waals surface area contributed by atoms with Crippen molar-refractivity contribution in [2.24, 2.45) is 0 Å². The predicted octanol–water partition coefficient (Wildman–Crippen LogP) is 1.80. The van der Waals surface area contributed by atoms with Crippen molar-refractivity contribution < 1.29 is 14.8 Å². The quantitative estimate of drug-likeness (QED) is 0.763. The van der Waals surface area contributed by atoms with E-state index < -0.39 is 7.12 Å². The monoisotopic (exact) mass is 254 g/mol. The summed E-state index contributed by atoms with van der Waals surface area (Å²) in [7, 11) is -1.46. The van der Waals surface area contributed by atoms with Crippen molar-refractivity contribution in [1.29, 1.82) is 0 Å². The predicted molar refractivity (Wildman–Crippen MR) is 74.9 cm³/mol. The van der Waals surface area contributed by atoms with Crippen LogP contribution < -0.4 is 10.2 Å². The molecule has 1 aliphatic rings. The second-order valence-electron chi connectivity index (χ2n) is 5.35. The van der Waals surface area contributed by atoms with Crippen molar-refractivity contribution in [3.05, 3.63) is 53.6 Å². The number of fused-ring (bicyclic) bond motifs is 2. The summed E-state index contributed by atoms with van der Waals surface area (Å²) < 4.78 is 5.88. The first-order valence-electron chi connectivity index (χ1n) is 6.28. The Balaban J connectivity index is 2.20. The van der Waals surface area contributed by atoms with E-state index in [1.54, 1.807) is 18.2 Å². The molecule has 2 aromatic rings. The Kier molecular flexibility index (Phi) is 2.66. The summed E-state index contributed by atoms with van der Waals surface area (Å²) in [6.45, 7) is 4.22. The zero-order valence-electron chi connectivity index (χ0n) is 10.9. The summed E-state index contributed by atoms with van der Waals surface area (Å²) in [4.78, 5) is 0. The maximum Gasteiger partial charge on any atom is 0.488 e. The van der Waals surface area contributed by atoms with Gasteiger partial charge in [0.15, 0.2) is 0 Å². The minimum Gasteiger partial charge on any atom is -0.457 e. The molecule has 0 atom stereocenters. The summed E-state index contributed by atoms with van der Waals surface area (Å²) in [6, 6.07) is 13.2. The van der Waals surface area contributed by atoms with E-state index in [2.05, 4.69) is 13.8 Å². The van der Waals surface area contributed by atoms with Gasteiger partial charge in [-0.15, -0.1) is 0 Å². The number of rotatable bonds is 1. The van der Waals surface area contributed by atoms with E-state index in [4.69, 9.17) is 4.74 Å². The fraction of sp³-hybridized carbons (Fsp3) is 0.200. The molecule has 96 valence electrons. The Morgan fingerprint density at radius 3 is 2.37 bits per heavy atom. The van der Waals surface area contributed by atoms with Gasteiger partial charge in [0.2, 0.25) is 0 Å². The van der Waals surface area contributed by atoms with Crippen LogP contribution >= 0.6 is 0 Å². The largest absolute Gasteiger partial charge is 0.488 e. The molecule has 0 saturated carbocycles. The third kappa shape index (κ3) is 1.84. The lowest BCUT2D eigenvalue weighted by Crippen LogP contribution is -2.33. The lowest BCUT2D eigenvalue weighted by atomic mass is 9.71. The van der Waals surface area contributed by atoms with Crippen molar-refractivity contribution in [3.8, 4) is 11.5 Å². The molecule has 1 aliphatic heterocycles. The summed E-state index contributed by atoms with van der Waals surface area (Å²) >= 11 is 0. The van der Waals surface area contributed by atoms with Gasteiger partial charge < -0.3 is 14.8 Å². The van der Waals surface area contributed by atoms with E-state index >= 15 is 0 Å². The van der Waals surface area contributed by atoms with E-state index in [9.17, 15) is 10.0 Å². The van der Waals surface area contributed by atoms with Crippen LogP contribution in [0.15, 0.2) is 42.5 Å². The van der Waals surface area contributed by atoms with Gasteiger partial charge in [0, 0.05) is 16.5 Å². The van der Waals surface area contributed by atoms with Crippen LogP contribution in [0, 0.1) is 0 Å². The van der Waals surface area contributed by atoms with E-state index in [0.29, 0.717) is 5.46 Å². The van der Waals surface area contributed by atoms with Crippen molar-refractivity contribution in [3.63, 3.8) is 0 Å². The third-order valence-corrected chi connectivity index (χ3v) is 3.76. The molecular weight excluding hydrogens is 239 g/mol. The molecule has 1 heterocycles. The smallest absolute Gasteiger partial charge is 0.457 e. The van der Waals surface area contributed by atoms with E-state index in [0.717, 1.165) is 22.6 Å². The normalized spacial score (nSPS) is 15.2. The first-order valence-corrected chi connectivity index (χ1v) is 6.28. The molecule has 0 amide bonds. The van der Waals surface area contributed by atoms with Gasteiger partial charge >= 0.3 is 7.12 Å². The summed E-state index contributed by atoms with van der Waals surface area (Å²) in [5.41, 5.74) is 2.33. The Morgan fingerprint density at radius 2 is 1.63 bits per heavy atom. The maximum absolute atomic E-state index is 9.31. The molecule has 2 aromatic carbocycles. The zero-order valence-corrected chi connectivity index (χ0v) is 10.9. The van der Waals surface area contributed by atoms with Crippen molar-refractivity contribution >= 4 is 12.6 Å². The minimum absolute atomic E-state index is 0.227. The lowest BCUT2D eigenvalue weighted by Gasteiger charge is -2.34. The molecular formula is C15H15BO3. The minimum atomic E-state index is -1.46. The molecule has 0 spiro atoms. The second kappa shape index (κ2) is 4.12. The van der Waals surface area contributed by atoms with Gasteiger partial charge in [-0.3, -0.25) is 0 Å². The number of benzene rings is 2. The van der Waals surface area contributed by atoms with Gasteiger partial charge in [0.25, 0.3) is 0 Å². The van der Waals surface area contributed by atoms with Crippen LogP contribution in [-0.2, 0) is 5.41 Å². The summed E-state index contributed by atoms with van der Waals surface area (Å²) in [5.74, 6) is 1.63. The molecule has 2 N–H and O–H groups in total. The molecule has 0 bridgehead atoms. The Labute approximate surface area is 112 Å². The van der Waals surface area contributed by atoms with Gasteiger partial charge in [0.05, 0.1) is 0 Å². The molecule has 0 saturated heterocycles. The molecule has 3 rings (SSSR count). The number of hydrogen-bond acceptors (Lipinski definition) is 3. The molecule has 3 nitrogen and oxygen atoms in total. The standard InChI is InChI=1S/C15H15BO3/c1-15(2)11-5-3-4-6-13(11)19-14-8-7-10(16(17)18)9-12(14)15/h3-9,17-18H,1-2H3. The number of ether oxygens (including phenoxy) is 1. The van der Waals surface area contributed by atoms with Crippen molar-refractivity contribution in [1.82, 2.24) is 0 Å². The fourth-order valence-electron chi connectivity index (χ4n) is 2.62. The Hall–Kier alpha value is -1.78. The molecule has 0 radical (unpaired) electrons. The molecule has 0 unspecified atom stereocenters. The highest BCUT2D eigenvalue weighted by molar-refractivity contribution is 6.58. The third-order valence-electron chi connectivity index (χ3n) is 3.76. The van der Waals surface area contributed by atoms with Crippen LogP contribution in [-0.4, -0.2) is 17.2 Å². The molecule has 0 aromatic heterocycles. The van der Waals surface area contributed by atoms with Gasteiger partial charge in [0.1, 0.15) is 11.5 Å². The first-order chi connectivity index (χ1) is 9.00. The summed E-state index contributed by atoms with van der Waals surface area (Å²) in [5, 5.41) is 18.6. The van der Waals surface area contributed by atoms with Crippen LogP contribution in [0.3, 0.4) is 0 Å². The first kappa shape index (κ1) is 12.3. The van der Waals surface area contributed by atoms with Gasteiger partial charge in [-0.25, -0.2) is 0 Å². The van der Waals surface area contributed by atoms with Crippen molar-refractivity contribution in [2.45, 2.75) is 19.3 Å². The molecule has 0 aliphatic carbocycles. The van der Waals surface area contributed by atoms with Crippen LogP contribution in [0.1, 0.15) is 25.0 Å². The average molecular weight is 254 g/mol. The fourth-order valence-corrected chi connectivity index (χ4v) is 2.62. The Morgan fingerprint density at radius 1 is 0.947 bits per heavy atom. The topological polar surface area (TPSA) is 49.7 Å². The van der Waals surface area contributed by atoms with Crippen LogP contribution in [0.5, 0.6) is 11.5 Å². The van der Waals surface area contributed by atoms with E-state index in [1.165, 1.54) is 0 Å². The van der Waals surface area contributed by atoms with Crippen LogP contribution in [0.25, 0.3) is 0 Å². The van der Waals surface area contributed by atoms with Gasteiger partial charge in [-0.2, -0.15) is 0 Å². The van der Waals surface area contributed by atoms with Crippen LogP contribution in [0.2, 0.25) is 0 Å². The zero-order chi connectivity index (χ0) is 13.6. The number of hydrogen-bond donors (Lipinski definition) is 2. The number of para-hydroxylation sites is 1. The lowest BCUT2D eigenvalue weighted by molar-refractivity contribution is 0.416. The van der Waals surface area contributed by atoms with Crippen molar-refractivity contribution in [2.75, 3.05) is 0 Å². The highest BCUT2D eigenvalue weighted by Gasteiger charge is 2.34. The van der Waals surface area contributed by atoms with E-state index in [1.807, 2.05) is 24.3 Å². The van der Waals surface area contributed by atoms with Crippen LogP contribution in [0.4, 0.5) is 0 Å². The highest BCUT2D eigenvalue weighted by Crippen LogP contribution is 2.47. The second-order valence-corrected chi connectivity index (χ2v) is 5.35. The van der Waals surface area contributed by atoms with Gasteiger partial charge in [-0.1, -0.05) is 44.2 Å². The molecule has 19 heavy (non-hydrogen) atoms. The molecule has 0 fully saturated rings. The maximum atomic E-state index is 9.31. The van der Waals surface area contributed by atoms with Gasteiger partial charge in [-0.05, 0) is 17.6 Å². The molecule has 4 heteroatoms. The average Bonchev–Trinajstić information content (AvgIpc) is 2.38. The SMILES string of the molecule is CC1(C)c2ccccc2Oc2ccc(B(O)O)cc21. The Bertz CT molecular complexity index is 635. The van der Waals surface area contributed by atoms with E-state index in [-0.39, 0.29) is 5.41 Å².